The summed E-state index contributed by atoms with van der Waals surface area (Å²) in [6.45, 7) is 2.10. The van der Waals surface area contributed by atoms with Gasteiger partial charge in [-0.3, -0.25) is 0 Å². The van der Waals surface area contributed by atoms with Gasteiger partial charge >= 0.3 is 7.69 Å². The van der Waals surface area contributed by atoms with Gasteiger partial charge in [0.2, 0.25) is 0 Å². The van der Waals surface area contributed by atoms with Crippen molar-refractivity contribution in [1.29, 1.82) is 0 Å². The third kappa shape index (κ3) is 9.85. The van der Waals surface area contributed by atoms with Gasteiger partial charge in [-0.1, -0.05) is 234 Å². The van der Waals surface area contributed by atoms with Crippen LogP contribution < -0.4 is 9.96 Å². The van der Waals surface area contributed by atoms with Crippen LogP contribution in [0.15, 0.2) is 247 Å². The second kappa shape index (κ2) is 22.1. The Morgan fingerprint density at radius 3 is 1.34 bits per heavy atom. The van der Waals surface area contributed by atoms with E-state index in [1.807, 2.05) is 41.7 Å². The molecule has 0 bridgehead atoms. The maximum absolute atomic E-state index is 8.94. The molecule has 0 spiro atoms. The van der Waals surface area contributed by atoms with E-state index in [1.54, 1.807) is 11.3 Å². The number of aryl methyl sites for hydroxylation is 1. The quantitative estimate of drug-likeness (QED) is 0.137. The summed E-state index contributed by atoms with van der Waals surface area (Å²) in [5.74, 6) is 0.681. The third-order valence-electron chi connectivity index (χ3n) is 14.4. The number of halogens is 1. The van der Waals surface area contributed by atoms with Gasteiger partial charge in [0, 0.05) is 40.1 Å². The molecule has 365 valence electrons. The molecule has 1 N–H and O–H groups in total. The van der Waals surface area contributed by atoms with Gasteiger partial charge in [0.1, 0.15) is 5.75 Å². The van der Waals surface area contributed by atoms with Gasteiger partial charge in [-0.2, -0.15) is 0 Å². The lowest BCUT2D eigenvalue weighted by molar-refractivity contribution is 0.457. The van der Waals surface area contributed by atoms with E-state index in [-0.39, 0.29) is 0 Å². The summed E-state index contributed by atoms with van der Waals surface area (Å²) in [6.07, 6.45) is 2.12. The fourth-order valence-corrected chi connectivity index (χ4v) is 13.9. The molecular weight excluding hydrogens is 1050 g/mol. The molecule has 2 aliphatic carbocycles. The molecule has 0 aliphatic heterocycles. The second-order valence-electron chi connectivity index (χ2n) is 19.0. The molecule has 2 aromatic heterocycles. The summed E-state index contributed by atoms with van der Waals surface area (Å²) in [5, 5.41) is 15.3. The van der Waals surface area contributed by atoms with Crippen molar-refractivity contribution in [2.24, 2.45) is 0 Å². The second-order valence-corrected chi connectivity index (χ2v) is 22.6. The number of hydrogen-bond donors (Lipinski definition) is 1. The smallest absolute Gasteiger partial charge is 0.536 e. The van der Waals surface area contributed by atoms with Crippen LogP contribution in [0.4, 0.5) is 0 Å². The molecule has 1 radical (unpaired) electrons. The molecule has 0 amide bonds. The average Bonchev–Trinajstić information content (AvgIpc) is 4.29. The van der Waals surface area contributed by atoms with Gasteiger partial charge in [-0.05, 0) is 133 Å². The minimum atomic E-state index is 0.681. The van der Waals surface area contributed by atoms with E-state index in [0.29, 0.717) is 5.75 Å². The summed E-state index contributed by atoms with van der Waals surface area (Å²) >= 11 is 7.13. The number of hydrogen-bond acceptors (Lipinski definition) is 4. The van der Waals surface area contributed by atoms with E-state index in [1.165, 1.54) is 119 Å². The van der Waals surface area contributed by atoms with Crippen LogP contribution in [0.3, 0.4) is 0 Å². The molecule has 13 aromatic rings. The van der Waals surface area contributed by atoms with Crippen molar-refractivity contribution < 1.29 is 9.68 Å². The number of thiophene rings is 2. The first kappa shape index (κ1) is 49.5. The van der Waals surface area contributed by atoms with Crippen molar-refractivity contribution in [3.63, 3.8) is 0 Å². The van der Waals surface area contributed by atoms with Crippen molar-refractivity contribution in [2.75, 3.05) is 0 Å². The monoisotopic (exact) mass is 1100 g/mol. The molecule has 0 fully saturated rings. The van der Waals surface area contributed by atoms with Crippen LogP contribution in [-0.4, -0.2) is 12.7 Å². The first-order valence-electron chi connectivity index (χ1n) is 25.4. The fourth-order valence-electron chi connectivity index (χ4n) is 10.7. The van der Waals surface area contributed by atoms with E-state index < -0.39 is 0 Å². The van der Waals surface area contributed by atoms with Crippen LogP contribution in [0, 0.1) is 6.92 Å². The standard InChI is InChI=1S/C31H20S.C18H12BO2S.C13H9Br.C7H9P/c1-2-8-20(9-3-1)25-12-6-14-27-28-15-7-13-26(31(28)32-30(25)27)23-17-16-22-18-21-10-4-5-11-24(21)29(22)19-23;20-19-21-16-11-5-10-15-14-9-4-8-13(17(14)22-18(15)16)12-6-2-1-3-7-12;14-11-6-5-10-7-9-3-1-2-4-12(9)13(10)8-11;1-6-4-2-3-5-7(6)8/h1-17,19H,18H2;1-11,20H;1-6,8H,7H2;2-5H,8H2,1H3. The highest BCUT2D eigenvalue weighted by atomic mass is 79.9. The zero-order valence-corrected chi connectivity index (χ0v) is 46.1. The highest BCUT2D eigenvalue weighted by molar-refractivity contribution is 9.10. The topological polar surface area (TPSA) is 29.5 Å². The summed E-state index contributed by atoms with van der Waals surface area (Å²) < 4.78 is 11.4. The van der Waals surface area contributed by atoms with Crippen molar-refractivity contribution in [3.05, 3.63) is 275 Å². The van der Waals surface area contributed by atoms with E-state index in [9.17, 15) is 0 Å². The predicted molar refractivity (Wildman–Crippen MR) is 335 cm³/mol. The zero-order chi connectivity index (χ0) is 51.5. The van der Waals surface area contributed by atoms with Gasteiger partial charge in [0.25, 0.3) is 0 Å². The molecule has 15 rings (SSSR count). The lowest BCUT2D eigenvalue weighted by Crippen LogP contribution is -1.99. The van der Waals surface area contributed by atoms with Crippen LogP contribution in [0.2, 0.25) is 0 Å². The molecule has 2 nitrogen and oxygen atoms in total. The Bertz CT molecular complexity index is 4220. The van der Waals surface area contributed by atoms with Gasteiger partial charge in [0.05, 0.1) is 4.70 Å². The minimum absolute atomic E-state index is 0.681. The predicted octanol–water partition coefficient (Wildman–Crippen LogP) is 19.1. The molecule has 2 aliphatic rings. The molecule has 7 heteroatoms. The van der Waals surface area contributed by atoms with Crippen LogP contribution in [0.25, 0.3) is 96.0 Å². The molecule has 1 unspecified atom stereocenters. The first-order chi connectivity index (χ1) is 37.4. The van der Waals surface area contributed by atoms with E-state index in [2.05, 4.69) is 244 Å². The highest BCUT2D eigenvalue weighted by Crippen LogP contribution is 2.47. The molecule has 0 saturated carbocycles. The lowest BCUT2D eigenvalue weighted by atomic mass is 9.97. The molecule has 0 saturated heterocycles. The maximum Gasteiger partial charge on any atom is 0.569 e. The highest BCUT2D eigenvalue weighted by Gasteiger charge is 2.21. The molecular formula is C69H50BBrO2PS2. The Balaban J connectivity index is 0.000000114. The van der Waals surface area contributed by atoms with Gasteiger partial charge in [-0.15, -0.1) is 31.9 Å². The van der Waals surface area contributed by atoms with Crippen LogP contribution in [-0.2, 0) is 12.8 Å². The number of fused-ring (bicyclic) bond motifs is 12. The number of benzene rings is 11. The minimum Gasteiger partial charge on any atom is -0.536 e. The Labute approximate surface area is 463 Å². The van der Waals surface area contributed by atoms with Gasteiger partial charge < -0.3 is 9.68 Å². The fraction of sp³-hybridized carbons (Fsp3) is 0.0435. The van der Waals surface area contributed by atoms with Crippen LogP contribution in [0.1, 0.15) is 27.8 Å². The Morgan fingerprint density at radius 2 is 0.816 bits per heavy atom. The van der Waals surface area contributed by atoms with E-state index in [0.717, 1.165) is 35.1 Å². The Morgan fingerprint density at radius 1 is 0.395 bits per heavy atom. The van der Waals surface area contributed by atoms with E-state index >= 15 is 0 Å². The van der Waals surface area contributed by atoms with Crippen molar-refractivity contribution in [1.82, 2.24) is 0 Å². The molecule has 2 heterocycles. The Kier molecular flexibility index (Phi) is 14.4. The molecule has 11 aromatic carbocycles. The third-order valence-corrected chi connectivity index (χ3v) is 18.1. The normalized spacial score (nSPS) is 11.6. The summed E-state index contributed by atoms with van der Waals surface area (Å²) in [4.78, 5) is 0. The number of rotatable bonds is 5. The summed E-state index contributed by atoms with van der Waals surface area (Å²) in [7, 11) is 3.42. The lowest BCUT2D eigenvalue weighted by Gasteiger charge is -2.07. The van der Waals surface area contributed by atoms with Crippen LogP contribution in [0.5, 0.6) is 5.75 Å². The first-order valence-corrected chi connectivity index (χ1v) is 28.4. The molecule has 1 atom stereocenters. The van der Waals surface area contributed by atoms with Crippen molar-refractivity contribution in [3.8, 4) is 61.4 Å². The van der Waals surface area contributed by atoms with E-state index in [4.69, 9.17) is 9.68 Å². The average molecular weight is 1100 g/mol. The summed E-state index contributed by atoms with van der Waals surface area (Å²) in [5.41, 5.74) is 20.3. The van der Waals surface area contributed by atoms with Crippen LogP contribution >= 0.6 is 47.8 Å². The zero-order valence-electron chi connectivity index (χ0n) is 41.7. The van der Waals surface area contributed by atoms with Gasteiger partial charge in [-0.25, -0.2) is 0 Å². The largest absolute Gasteiger partial charge is 0.569 e. The van der Waals surface area contributed by atoms with Crippen molar-refractivity contribution in [2.45, 2.75) is 19.8 Å². The molecule has 76 heavy (non-hydrogen) atoms. The SMILES string of the molecule is Brc1ccc2c(c1)-c1ccccc1C2.Cc1ccccc1P.O[B]Oc1cccc2c1sc1c(-c3ccccc3)cccc12.c1ccc(-c2cccc3c2sc2c(-c4ccc5c(c4)-c4ccccc4C5)cccc23)cc1. The van der Waals surface area contributed by atoms with Gasteiger partial charge in [0.15, 0.2) is 0 Å². The maximum atomic E-state index is 8.94. The Hall–Kier alpha value is -7.41. The summed E-state index contributed by atoms with van der Waals surface area (Å²) in [6, 6.07) is 86.1. The van der Waals surface area contributed by atoms with Crippen molar-refractivity contribution >= 4 is 101 Å².